The number of aromatic nitrogens is 2. The van der Waals surface area contributed by atoms with Gasteiger partial charge in [0.05, 0.1) is 12.3 Å². The molecule has 1 N–H and O–H groups in total. The summed E-state index contributed by atoms with van der Waals surface area (Å²) < 4.78 is 15.6. The molecule has 10 heteroatoms. The highest BCUT2D eigenvalue weighted by Crippen LogP contribution is 2.41. The number of carbonyl (C=O) groups is 3. The van der Waals surface area contributed by atoms with E-state index in [4.69, 9.17) is 0 Å². The molecule has 1 aliphatic carbocycles. The molecule has 1 aliphatic heterocycles. The number of benzene rings is 2. The number of halogens is 1. The van der Waals surface area contributed by atoms with E-state index in [0.29, 0.717) is 24.3 Å². The van der Waals surface area contributed by atoms with Crippen LogP contribution >= 0.6 is 11.3 Å². The summed E-state index contributed by atoms with van der Waals surface area (Å²) in [6.45, 7) is 0.642. The van der Waals surface area contributed by atoms with E-state index in [1.54, 1.807) is 29.3 Å². The van der Waals surface area contributed by atoms with E-state index in [9.17, 15) is 19.5 Å². The fraction of sp³-hybridized carbons (Fsp3) is 0.281. The Morgan fingerprint density at radius 2 is 1.79 bits per heavy atom. The zero-order valence-corrected chi connectivity index (χ0v) is 23.6. The number of anilines is 2. The van der Waals surface area contributed by atoms with Crippen molar-refractivity contribution < 1.29 is 23.9 Å². The summed E-state index contributed by atoms with van der Waals surface area (Å²) in [6, 6.07) is 20.1. The number of pyridine rings is 1. The SMILES string of the molecule is O=C(O)CC(Cc1ccccc1)C(=O)N(c1nc(-c2ccccc2-c2ccc(N3CCCC3=O)nc2)c(F)s1)C1CC1. The van der Waals surface area contributed by atoms with Gasteiger partial charge in [0, 0.05) is 36.3 Å². The third-order valence-corrected chi connectivity index (χ3v) is 8.46. The first kappa shape index (κ1) is 27.7. The maximum atomic E-state index is 15.6. The van der Waals surface area contributed by atoms with Crippen molar-refractivity contribution in [3.05, 3.63) is 83.6 Å². The van der Waals surface area contributed by atoms with Crippen molar-refractivity contribution in [3.63, 3.8) is 0 Å². The molecule has 0 bridgehead atoms. The Labute approximate surface area is 246 Å². The van der Waals surface area contributed by atoms with E-state index in [0.717, 1.165) is 47.3 Å². The van der Waals surface area contributed by atoms with Crippen LogP contribution in [0, 0.1) is 11.0 Å². The Morgan fingerprint density at radius 1 is 1.05 bits per heavy atom. The Bertz CT molecular complexity index is 1620. The fourth-order valence-corrected chi connectivity index (χ4v) is 6.30. The van der Waals surface area contributed by atoms with Crippen LogP contribution in [0.15, 0.2) is 72.9 Å². The zero-order chi connectivity index (χ0) is 29.2. The molecule has 3 heterocycles. The van der Waals surface area contributed by atoms with E-state index >= 15 is 4.39 Å². The van der Waals surface area contributed by atoms with Gasteiger partial charge >= 0.3 is 5.97 Å². The summed E-state index contributed by atoms with van der Waals surface area (Å²) in [5.74, 6) is -1.58. The highest BCUT2D eigenvalue weighted by molar-refractivity contribution is 7.14. The van der Waals surface area contributed by atoms with Crippen LogP contribution < -0.4 is 9.80 Å². The number of rotatable bonds is 10. The number of hydrogen-bond acceptors (Lipinski definition) is 6. The van der Waals surface area contributed by atoms with Crippen LogP contribution in [0.1, 0.15) is 37.7 Å². The lowest BCUT2D eigenvalue weighted by Crippen LogP contribution is -2.39. The lowest BCUT2D eigenvalue weighted by molar-refractivity contribution is -0.140. The molecule has 2 fully saturated rings. The van der Waals surface area contributed by atoms with Crippen molar-refractivity contribution in [3.8, 4) is 22.4 Å². The Balaban J connectivity index is 1.31. The van der Waals surface area contributed by atoms with Crippen LogP contribution in [0.4, 0.5) is 15.3 Å². The van der Waals surface area contributed by atoms with Crippen molar-refractivity contribution in [2.24, 2.45) is 5.92 Å². The van der Waals surface area contributed by atoms with E-state index < -0.39 is 17.0 Å². The molecular formula is C32H29FN4O4S. The molecule has 4 aromatic rings. The van der Waals surface area contributed by atoms with E-state index in [-0.39, 0.29) is 41.5 Å². The molecule has 0 spiro atoms. The highest BCUT2D eigenvalue weighted by Gasteiger charge is 2.40. The molecule has 1 unspecified atom stereocenters. The number of aliphatic carboxylic acids is 1. The molecule has 2 aromatic heterocycles. The van der Waals surface area contributed by atoms with Gasteiger partial charge in [-0.15, -0.1) is 0 Å². The van der Waals surface area contributed by atoms with Gasteiger partial charge in [-0.3, -0.25) is 24.2 Å². The third-order valence-electron chi connectivity index (χ3n) is 7.62. The van der Waals surface area contributed by atoms with Gasteiger partial charge in [-0.05, 0) is 48.9 Å². The van der Waals surface area contributed by atoms with Crippen molar-refractivity contribution in [2.45, 2.75) is 44.6 Å². The average molecular weight is 585 g/mol. The van der Waals surface area contributed by atoms with Gasteiger partial charge in [0.15, 0.2) is 5.13 Å². The summed E-state index contributed by atoms with van der Waals surface area (Å²) in [4.78, 5) is 50.0. The molecule has 8 nitrogen and oxygen atoms in total. The quantitative estimate of drug-likeness (QED) is 0.247. The molecule has 0 radical (unpaired) electrons. The topological polar surface area (TPSA) is 104 Å². The Hall–Kier alpha value is -4.44. The van der Waals surface area contributed by atoms with Gasteiger partial charge in [0.25, 0.3) is 0 Å². The predicted octanol–water partition coefficient (Wildman–Crippen LogP) is 5.97. The minimum Gasteiger partial charge on any atom is -0.481 e. The molecule has 2 amide bonds. The van der Waals surface area contributed by atoms with Crippen molar-refractivity contribution in [1.82, 2.24) is 9.97 Å². The normalized spacial score (nSPS) is 15.5. The maximum Gasteiger partial charge on any atom is 0.304 e. The minimum absolute atomic E-state index is 0.0526. The molecular weight excluding hydrogens is 555 g/mol. The monoisotopic (exact) mass is 584 g/mol. The number of hydrogen-bond donors (Lipinski definition) is 1. The van der Waals surface area contributed by atoms with Gasteiger partial charge < -0.3 is 5.11 Å². The standard InChI is InChI=1S/C32H29FN4O4S/c33-30-29(25-10-5-4-9-24(25)21-12-15-26(34-19-21)36-16-6-11-27(36)38)35-32(42-30)37(23-13-14-23)31(41)22(18-28(39)40)17-20-7-2-1-3-8-20/h1-5,7-10,12,15,19,22-23H,6,11,13-14,16-18H2,(H,39,40). The molecule has 214 valence electrons. The number of carbonyl (C=O) groups excluding carboxylic acids is 2. The summed E-state index contributed by atoms with van der Waals surface area (Å²) in [5, 5.41) is 9.28. The molecule has 1 atom stereocenters. The lowest BCUT2D eigenvalue weighted by Gasteiger charge is -2.24. The predicted molar refractivity (Wildman–Crippen MR) is 159 cm³/mol. The van der Waals surface area contributed by atoms with E-state index in [1.165, 1.54) is 4.90 Å². The average Bonchev–Trinajstić information content (AvgIpc) is 3.62. The fourth-order valence-electron chi connectivity index (χ4n) is 5.41. The second-order valence-electron chi connectivity index (χ2n) is 10.6. The first-order valence-electron chi connectivity index (χ1n) is 14.0. The third kappa shape index (κ3) is 5.80. The van der Waals surface area contributed by atoms with Crippen LogP contribution in [0.5, 0.6) is 0 Å². The van der Waals surface area contributed by atoms with Crippen molar-refractivity contribution in [1.29, 1.82) is 0 Å². The molecule has 1 saturated carbocycles. The minimum atomic E-state index is -1.06. The van der Waals surface area contributed by atoms with Gasteiger partial charge in [-0.25, -0.2) is 9.97 Å². The largest absolute Gasteiger partial charge is 0.481 e. The summed E-state index contributed by atoms with van der Waals surface area (Å²) >= 11 is 0.800. The Kier molecular flexibility index (Phi) is 7.80. The van der Waals surface area contributed by atoms with Crippen molar-refractivity contribution in [2.75, 3.05) is 16.3 Å². The molecule has 6 rings (SSSR count). The van der Waals surface area contributed by atoms with Crippen LogP contribution in [-0.2, 0) is 20.8 Å². The summed E-state index contributed by atoms with van der Waals surface area (Å²) in [6.07, 6.45) is 4.44. The van der Waals surface area contributed by atoms with Crippen LogP contribution in [0.3, 0.4) is 0 Å². The zero-order valence-electron chi connectivity index (χ0n) is 22.8. The number of nitrogens with zero attached hydrogens (tertiary/aromatic N) is 4. The van der Waals surface area contributed by atoms with Crippen LogP contribution in [-0.4, -0.2) is 45.4 Å². The Morgan fingerprint density at radius 3 is 2.43 bits per heavy atom. The second kappa shape index (κ2) is 11.8. The van der Waals surface area contributed by atoms with Crippen LogP contribution in [0.25, 0.3) is 22.4 Å². The number of carboxylic acid groups (broad SMARTS) is 1. The number of thiazole rings is 1. The molecule has 42 heavy (non-hydrogen) atoms. The number of amides is 2. The molecule has 2 aromatic carbocycles. The molecule has 1 saturated heterocycles. The van der Waals surface area contributed by atoms with Gasteiger partial charge in [-0.1, -0.05) is 65.9 Å². The number of carboxylic acids is 1. The first-order chi connectivity index (χ1) is 20.4. The second-order valence-corrected chi connectivity index (χ2v) is 11.6. The van der Waals surface area contributed by atoms with E-state index in [1.807, 2.05) is 48.5 Å². The van der Waals surface area contributed by atoms with Gasteiger partial charge in [0.2, 0.25) is 16.9 Å². The highest BCUT2D eigenvalue weighted by atomic mass is 32.1. The summed E-state index contributed by atoms with van der Waals surface area (Å²) in [5.41, 5.74) is 3.01. The van der Waals surface area contributed by atoms with Crippen molar-refractivity contribution >= 4 is 40.1 Å². The van der Waals surface area contributed by atoms with Gasteiger partial charge in [0.1, 0.15) is 11.5 Å². The smallest absolute Gasteiger partial charge is 0.304 e. The molecule has 2 aliphatic rings. The van der Waals surface area contributed by atoms with E-state index in [2.05, 4.69) is 9.97 Å². The first-order valence-corrected chi connectivity index (χ1v) is 14.8. The lowest BCUT2D eigenvalue weighted by atomic mass is 9.94. The van der Waals surface area contributed by atoms with Crippen LogP contribution in [0.2, 0.25) is 0 Å². The van der Waals surface area contributed by atoms with Gasteiger partial charge in [-0.2, -0.15) is 4.39 Å². The summed E-state index contributed by atoms with van der Waals surface area (Å²) in [7, 11) is 0. The maximum absolute atomic E-state index is 15.6.